The van der Waals surface area contributed by atoms with Gasteiger partial charge in [-0.25, -0.2) is 8.42 Å². The number of nitrogens with one attached hydrogen (secondary N) is 2. The molecule has 0 atom stereocenters. The van der Waals surface area contributed by atoms with Crippen molar-refractivity contribution in [1.82, 2.24) is 10.2 Å². The molecule has 34 heavy (non-hydrogen) atoms. The van der Waals surface area contributed by atoms with Crippen molar-refractivity contribution in [1.29, 1.82) is 0 Å². The summed E-state index contributed by atoms with van der Waals surface area (Å²) in [5.74, 6) is 0.547. The number of carbonyl (C=O) groups is 1. The number of amides is 1. The molecular weight excluding hydrogens is 460 g/mol. The van der Waals surface area contributed by atoms with Gasteiger partial charge in [-0.15, -0.1) is 5.10 Å². The largest absolute Gasteiger partial charge is 0.497 e. The number of aromatic nitrogens is 2. The molecular formula is C23H20N4O6S. The molecule has 174 valence electrons. The first kappa shape index (κ1) is 22.8. The van der Waals surface area contributed by atoms with Crippen molar-refractivity contribution < 1.29 is 27.1 Å². The van der Waals surface area contributed by atoms with E-state index >= 15 is 0 Å². The van der Waals surface area contributed by atoms with Gasteiger partial charge in [0.2, 0.25) is 5.89 Å². The highest BCUT2D eigenvalue weighted by molar-refractivity contribution is 7.92. The summed E-state index contributed by atoms with van der Waals surface area (Å²) < 4.78 is 43.9. The van der Waals surface area contributed by atoms with Crippen LogP contribution < -0.4 is 19.5 Å². The van der Waals surface area contributed by atoms with Crippen LogP contribution >= 0.6 is 0 Å². The first-order valence-electron chi connectivity index (χ1n) is 9.95. The van der Waals surface area contributed by atoms with Crippen LogP contribution in [0.2, 0.25) is 0 Å². The van der Waals surface area contributed by atoms with Crippen molar-refractivity contribution >= 4 is 27.6 Å². The molecule has 0 aliphatic heterocycles. The summed E-state index contributed by atoms with van der Waals surface area (Å²) in [6, 6.07) is 18.9. The quantitative estimate of drug-likeness (QED) is 0.389. The number of ether oxygens (including phenoxy) is 2. The number of nitrogens with zero attached hydrogens (tertiary/aromatic N) is 2. The van der Waals surface area contributed by atoms with Gasteiger partial charge in [-0.3, -0.25) is 14.8 Å². The van der Waals surface area contributed by atoms with Crippen LogP contribution in [-0.2, 0) is 10.0 Å². The minimum atomic E-state index is -3.89. The van der Waals surface area contributed by atoms with Gasteiger partial charge in [0.25, 0.3) is 15.9 Å². The molecule has 2 N–H and O–H groups in total. The van der Waals surface area contributed by atoms with Crippen LogP contribution in [0.4, 0.5) is 11.7 Å². The summed E-state index contributed by atoms with van der Waals surface area (Å²) in [5.41, 5.74) is 0.700. The molecule has 0 aliphatic carbocycles. The van der Waals surface area contributed by atoms with E-state index < -0.39 is 15.9 Å². The Morgan fingerprint density at radius 1 is 0.882 bits per heavy atom. The Hall–Kier alpha value is -4.38. The Bertz CT molecular complexity index is 1400. The number of hydrogen-bond acceptors (Lipinski definition) is 8. The second-order valence-corrected chi connectivity index (χ2v) is 8.61. The Balaban J connectivity index is 1.56. The van der Waals surface area contributed by atoms with E-state index in [1.807, 2.05) is 0 Å². The van der Waals surface area contributed by atoms with Crippen LogP contribution in [0.15, 0.2) is 82.1 Å². The van der Waals surface area contributed by atoms with Crippen LogP contribution in [0.3, 0.4) is 0 Å². The van der Waals surface area contributed by atoms with E-state index in [1.165, 1.54) is 38.5 Å². The number of anilines is 2. The molecule has 0 saturated heterocycles. The number of hydrogen-bond donors (Lipinski definition) is 2. The molecule has 1 heterocycles. The zero-order chi connectivity index (χ0) is 24.1. The zero-order valence-electron chi connectivity index (χ0n) is 18.2. The first-order chi connectivity index (χ1) is 16.4. The number of methoxy groups -OCH3 is 2. The lowest BCUT2D eigenvalue weighted by atomic mass is 10.2. The third-order valence-corrected chi connectivity index (χ3v) is 6.09. The van der Waals surface area contributed by atoms with Crippen molar-refractivity contribution in [3.05, 3.63) is 78.4 Å². The molecule has 1 aromatic heterocycles. The van der Waals surface area contributed by atoms with Gasteiger partial charge in [0, 0.05) is 11.6 Å². The molecule has 0 spiro atoms. The van der Waals surface area contributed by atoms with Gasteiger partial charge in [0.1, 0.15) is 11.5 Å². The first-order valence-corrected chi connectivity index (χ1v) is 11.4. The molecule has 0 bridgehead atoms. The maximum atomic E-state index is 12.9. The summed E-state index contributed by atoms with van der Waals surface area (Å²) in [6.07, 6.45) is 0. The molecule has 0 fully saturated rings. The minimum absolute atomic E-state index is 0.0699. The van der Waals surface area contributed by atoms with Gasteiger partial charge in [-0.1, -0.05) is 35.4 Å². The lowest BCUT2D eigenvalue weighted by Gasteiger charge is -2.11. The number of carbonyl (C=O) groups excluding carboxylic acids is 1. The van der Waals surface area contributed by atoms with Crippen molar-refractivity contribution in [3.8, 4) is 23.0 Å². The summed E-state index contributed by atoms with van der Waals surface area (Å²) in [6.45, 7) is 0. The molecule has 0 saturated carbocycles. The normalized spacial score (nSPS) is 11.0. The van der Waals surface area contributed by atoms with Gasteiger partial charge >= 0.3 is 6.01 Å². The Kier molecular flexibility index (Phi) is 6.46. The fourth-order valence-corrected chi connectivity index (χ4v) is 4.16. The maximum Gasteiger partial charge on any atom is 0.322 e. The maximum absolute atomic E-state index is 12.9. The summed E-state index contributed by atoms with van der Waals surface area (Å²) in [5, 5.41) is 10.3. The Morgan fingerprint density at radius 3 is 2.21 bits per heavy atom. The molecule has 0 radical (unpaired) electrons. The molecule has 4 aromatic rings. The van der Waals surface area contributed by atoms with Crippen molar-refractivity contribution in [2.45, 2.75) is 4.90 Å². The lowest BCUT2D eigenvalue weighted by molar-refractivity contribution is 0.102. The predicted octanol–water partition coefficient (Wildman–Crippen LogP) is 3.81. The highest BCUT2D eigenvalue weighted by Gasteiger charge is 2.20. The SMILES string of the molecule is COc1cc(OC)cc(-c2nnc(NC(=O)c3ccccc3NS(=O)(=O)c3ccccc3)o2)c1. The number of rotatable bonds is 8. The topological polar surface area (TPSA) is 133 Å². The van der Waals surface area contributed by atoms with E-state index in [0.717, 1.165) is 0 Å². The standard InChI is InChI=1S/C23H20N4O6S/c1-31-16-12-15(13-17(14-16)32-2)22-25-26-23(33-22)24-21(28)19-10-6-7-11-20(19)27-34(29,30)18-8-4-3-5-9-18/h3-14,27H,1-2H3,(H,24,26,28). The Labute approximate surface area is 195 Å². The molecule has 10 nitrogen and oxygen atoms in total. The highest BCUT2D eigenvalue weighted by atomic mass is 32.2. The van der Waals surface area contributed by atoms with E-state index in [4.69, 9.17) is 13.9 Å². The van der Waals surface area contributed by atoms with Crippen LogP contribution in [-0.4, -0.2) is 38.7 Å². The van der Waals surface area contributed by atoms with Gasteiger partial charge in [0.15, 0.2) is 0 Å². The molecule has 0 aliphatic rings. The average Bonchev–Trinajstić information content (AvgIpc) is 3.32. The smallest absolute Gasteiger partial charge is 0.322 e. The number of para-hydroxylation sites is 1. The minimum Gasteiger partial charge on any atom is -0.497 e. The van der Waals surface area contributed by atoms with Crippen LogP contribution in [0.5, 0.6) is 11.5 Å². The van der Waals surface area contributed by atoms with E-state index in [-0.39, 0.29) is 28.1 Å². The molecule has 0 unspecified atom stereocenters. The van der Waals surface area contributed by atoms with Crippen molar-refractivity contribution in [2.75, 3.05) is 24.3 Å². The van der Waals surface area contributed by atoms with E-state index in [9.17, 15) is 13.2 Å². The number of benzene rings is 3. The van der Waals surface area contributed by atoms with Crippen LogP contribution in [0.25, 0.3) is 11.5 Å². The predicted molar refractivity (Wildman–Crippen MR) is 124 cm³/mol. The number of sulfonamides is 1. The second kappa shape index (κ2) is 9.63. The third kappa shape index (κ3) is 4.99. The average molecular weight is 481 g/mol. The summed E-state index contributed by atoms with van der Waals surface area (Å²) in [4.78, 5) is 13.0. The van der Waals surface area contributed by atoms with Crippen molar-refractivity contribution in [3.63, 3.8) is 0 Å². The lowest BCUT2D eigenvalue weighted by Crippen LogP contribution is -2.18. The fourth-order valence-electron chi connectivity index (χ4n) is 3.06. The van der Waals surface area contributed by atoms with E-state index in [0.29, 0.717) is 17.1 Å². The van der Waals surface area contributed by atoms with Gasteiger partial charge in [-0.2, -0.15) is 0 Å². The van der Waals surface area contributed by atoms with Gasteiger partial charge in [0.05, 0.1) is 30.4 Å². The molecule has 11 heteroatoms. The fraction of sp³-hybridized carbons (Fsp3) is 0.0870. The van der Waals surface area contributed by atoms with E-state index in [2.05, 4.69) is 20.2 Å². The summed E-state index contributed by atoms with van der Waals surface area (Å²) in [7, 11) is -0.862. The van der Waals surface area contributed by atoms with Gasteiger partial charge < -0.3 is 13.9 Å². The molecule has 4 rings (SSSR count). The second-order valence-electron chi connectivity index (χ2n) is 6.93. The van der Waals surface area contributed by atoms with Crippen LogP contribution in [0, 0.1) is 0 Å². The van der Waals surface area contributed by atoms with Gasteiger partial charge in [-0.05, 0) is 36.4 Å². The molecule has 1 amide bonds. The Morgan fingerprint density at radius 2 is 1.53 bits per heavy atom. The molecule has 3 aromatic carbocycles. The van der Waals surface area contributed by atoms with Crippen molar-refractivity contribution in [2.24, 2.45) is 0 Å². The summed E-state index contributed by atoms with van der Waals surface area (Å²) >= 11 is 0. The van der Waals surface area contributed by atoms with E-state index in [1.54, 1.807) is 48.5 Å². The third-order valence-electron chi connectivity index (χ3n) is 4.71. The zero-order valence-corrected chi connectivity index (χ0v) is 19.0. The van der Waals surface area contributed by atoms with Crippen LogP contribution in [0.1, 0.15) is 10.4 Å². The highest BCUT2D eigenvalue weighted by Crippen LogP contribution is 2.30. The monoisotopic (exact) mass is 480 g/mol.